The second-order valence-electron chi connectivity index (χ2n) is 4.88. The average Bonchev–Trinajstić information content (AvgIpc) is 2.37. The van der Waals surface area contributed by atoms with Gasteiger partial charge in [0.25, 0.3) is 0 Å². The number of methoxy groups -OCH3 is 1. The van der Waals surface area contributed by atoms with Gasteiger partial charge in [0.2, 0.25) is 10.0 Å². The Labute approximate surface area is 132 Å². The number of hydrogen-bond acceptors (Lipinski definition) is 4. The van der Waals surface area contributed by atoms with Crippen LogP contribution in [0, 0.1) is 5.92 Å². The van der Waals surface area contributed by atoms with Crippen molar-refractivity contribution in [1.82, 2.24) is 4.72 Å². The highest BCUT2D eigenvalue weighted by atomic mass is 79.9. The van der Waals surface area contributed by atoms with E-state index in [4.69, 9.17) is 9.84 Å². The lowest BCUT2D eigenvalue weighted by Gasteiger charge is -2.21. The van der Waals surface area contributed by atoms with Crippen molar-refractivity contribution in [3.8, 4) is 0 Å². The largest absolute Gasteiger partial charge is 0.478 e. The Hall–Kier alpha value is -0.960. The Morgan fingerprint density at radius 3 is 2.48 bits per heavy atom. The summed E-state index contributed by atoms with van der Waals surface area (Å²) in [6.45, 7) is 4.02. The van der Waals surface area contributed by atoms with Crippen LogP contribution in [0.25, 0.3) is 0 Å². The summed E-state index contributed by atoms with van der Waals surface area (Å²) < 4.78 is 32.5. The number of carbonyl (C=O) groups is 1. The molecule has 1 atom stereocenters. The zero-order valence-corrected chi connectivity index (χ0v) is 14.4. The molecular formula is C13H18BrNO5S. The molecule has 0 aliphatic heterocycles. The number of carboxylic acid groups (broad SMARTS) is 1. The van der Waals surface area contributed by atoms with Gasteiger partial charge in [-0.2, -0.15) is 0 Å². The molecule has 0 aliphatic carbocycles. The molecular weight excluding hydrogens is 362 g/mol. The molecule has 0 bridgehead atoms. The van der Waals surface area contributed by atoms with Crippen molar-refractivity contribution in [2.24, 2.45) is 5.92 Å². The Morgan fingerprint density at radius 2 is 2.05 bits per heavy atom. The van der Waals surface area contributed by atoms with Gasteiger partial charge in [-0.05, 0) is 40.0 Å². The molecule has 8 heteroatoms. The van der Waals surface area contributed by atoms with Gasteiger partial charge in [0.1, 0.15) is 0 Å². The van der Waals surface area contributed by atoms with Gasteiger partial charge in [-0.25, -0.2) is 17.9 Å². The predicted molar refractivity (Wildman–Crippen MR) is 81.9 cm³/mol. The van der Waals surface area contributed by atoms with E-state index in [1.165, 1.54) is 25.3 Å². The molecule has 1 aromatic rings. The minimum absolute atomic E-state index is 0.00532. The van der Waals surface area contributed by atoms with Crippen LogP contribution < -0.4 is 4.72 Å². The fraction of sp³-hybridized carbons (Fsp3) is 0.462. The molecule has 0 aliphatic rings. The van der Waals surface area contributed by atoms with Gasteiger partial charge in [0.15, 0.2) is 0 Å². The van der Waals surface area contributed by atoms with Crippen LogP contribution in [0.1, 0.15) is 24.2 Å². The van der Waals surface area contributed by atoms with Crippen LogP contribution in [-0.4, -0.2) is 39.3 Å². The summed E-state index contributed by atoms with van der Waals surface area (Å²) in [6.07, 6.45) is 0. The maximum absolute atomic E-state index is 12.4. The Balaban J connectivity index is 3.10. The van der Waals surface area contributed by atoms with E-state index in [2.05, 4.69) is 20.7 Å². The smallest absolute Gasteiger partial charge is 0.335 e. The van der Waals surface area contributed by atoms with Gasteiger partial charge in [-0.15, -0.1) is 0 Å². The number of aromatic carboxylic acids is 1. The van der Waals surface area contributed by atoms with Crippen molar-refractivity contribution >= 4 is 31.9 Å². The molecule has 0 fully saturated rings. The average molecular weight is 380 g/mol. The predicted octanol–water partition coefficient (Wildman–Crippen LogP) is 2.10. The molecule has 1 unspecified atom stereocenters. The van der Waals surface area contributed by atoms with E-state index < -0.39 is 16.0 Å². The first-order valence-corrected chi connectivity index (χ1v) is 8.50. The van der Waals surface area contributed by atoms with Crippen molar-refractivity contribution in [3.05, 3.63) is 28.2 Å². The summed E-state index contributed by atoms with van der Waals surface area (Å²) in [5.74, 6) is -1.07. The van der Waals surface area contributed by atoms with Crippen LogP contribution in [0.3, 0.4) is 0 Å². The fourth-order valence-electron chi connectivity index (χ4n) is 1.66. The minimum atomic E-state index is -3.77. The van der Waals surface area contributed by atoms with Crippen molar-refractivity contribution < 1.29 is 23.1 Å². The number of halogens is 1. The van der Waals surface area contributed by atoms with Gasteiger partial charge in [-0.1, -0.05) is 13.8 Å². The van der Waals surface area contributed by atoms with Gasteiger partial charge in [0.05, 0.1) is 17.1 Å². The lowest BCUT2D eigenvalue weighted by atomic mass is 10.1. The van der Waals surface area contributed by atoms with E-state index in [9.17, 15) is 13.2 Å². The number of sulfonamides is 1. The number of nitrogens with one attached hydrogen (secondary N) is 1. The van der Waals surface area contributed by atoms with Crippen LogP contribution in [0.15, 0.2) is 27.6 Å². The van der Waals surface area contributed by atoms with E-state index in [-0.39, 0.29) is 33.5 Å². The molecule has 21 heavy (non-hydrogen) atoms. The van der Waals surface area contributed by atoms with E-state index in [1.807, 2.05) is 13.8 Å². The van der Waals surface area contributed by atoms with Crippen LogP contribution in [0.2, 0.25) is 0 Å². The van der Waals surface area contributed by atoms with Gasteiger partial charge < -0.3 is 9.84 Å². The molecule has 0 radical (unpaired) electrons. The maximum Gasteiger partial charge on any atom is 0.335 e. The first-order valence-electron chi connectivity index (χ1n) is 6.23. The minimum Gasteiger partial charge on any atom is -0.478 e. The Kier molecular flexibility index (Phi) is 6.33. The number of hydrogen-bond donors (Lipinski definition) is 2. The third-order valence-corrected chi connectivity index (χ3v) is 5.39. The molecule has 0 saturated carbocycles. The number of benzene rings is 1. The topological polar surface area (TPSA) is 92.7 Å². The molecule has 0 amide bonds. The first-order chi connectivity index (χ1) is 9.69. The summed E-state index contributed by atoms with van der Waals surface area (Å²) in [5.41, 5.74) is 0.0122. The van der Waals surface area contributed by atoms with Gasteiger partial charge in [0, 0.05) is 17.6 Å². The van der Waals surface area contributed by atoms with Crippen LogP contribution in [0.4, 0.5) is 0 Å². The summed E-state index contributed by atoms with van der Waals surface area (Å²) in [7, 11) is -2.27. The zero-order chi connectivity index (χ0) is 16.2. The van der Waals surface area contributed by atoms with E-state index in [1.54, 1.807) is 0 Å². The van der Waals surface area contributed by atoms with Gasteiger partial charge in [-0.3, -0.25) is 0 Å². The first kappa shape index (κ1) is 18.1. The highest BCUT2D eigenvalue weighted by molar-refractivity contribution is 9.10. The molecule has 0 saturated heterocycles. The van der Waals surface area contributed by atoms with Gasteiger partial charge >= 0.3 is 5.97 Å². The fourth-order valence-corrected chi connectivity index (χ4v) is 4.10. The monoisotopic (exact) mass is 379 g/mol. The van der Waals surface area contributed by atoms with E-state index in [0.29, 0.717) is 0 Å². The zero-order valence-electron chi connectivity index (χ0n) is 12.0. The second kappa shape index (κ2) is 7.35. The van der Waals surface area contributed by atoms with Crippen LogP contribution >= 0.6 is 15.9 Å². The Morgan fingerprint density at radius 1 is 1.43 bits per heavy atom. The quantitative estimate of drug-likeness (QED) is 0.756. The molecule has 1 aromatic carbocycles. The second-order valence-corrected chi connectivity index (χ2v) is 7.41. The number of rotatable bonds is 7. The SMILES string of the molecule is COCC(NS(=O)(=O)c1ccc(C(=O)O)cc1Br)C(C)C. The molecule has 0 spiro atoms. The Bertz CT molecular complexity index is 615. The highest BCUT2D eigenvalue weighted by Gasteiger charge is 2.24. The summed E-state index contributed by atoms with van der Waals surface area (Å²) in [6, 6.07) is 3.41. The van der Waals surface area contributed by atoms with Crippen molar-refractivity contribution in [1.29, 1.82) is 0 Å². The maximum atomic E-state index is 12.4. The molecule has 6 nitrogen and oxygen atoms in total. The molecule has 0 aromatic heterocycles. The normalized spacial score (nSPS) is 13.4. The highest BCUT2D eigenvalue weighted by Crippen LogP contribution is 2.24. The summed E-state index contributed by atoms with van der Waals surface area (Å²) in [4.78, 5) is 10.9. The van der Waals surface area contributed by atoms with Crippen molar-refractivity contribution in [2.45, 2.75) is 24.8 Å². The summed E-state index contributed by atoms with van der Waals surface area (Å²) in [5, 5.41) is 8.89. The van der Waals surface area contributed by atoms with Crippen LogP contribution in [-0.2, 0) is 14.8 Å². The van der Waals surface area contributed by atoms with Crippen molar-refractivity contribution in [2.75, 3.05) is 13.7 Å². The molecule has 118 valence electrons. The lowest BCUT2D eigenvalue weighted by Crippen LogP contribution is -2.41. The van der Waals surface area contributed by atoms with Crippen LogP contribution in [0.5, 0.6) is 0 Å². The standard InChI is InChI=1S/C13H18BrNO5S/c1-8(2)11(7-20-3)15-21(18,19)12-5-4-9(13(16)17)6-10(12)14/h4-6,8,11,15H,7H2,1-3H3,(H,16,17). The summed E-state index contributed by atoms with van der Waals surface area (Å²) >= 11 is 3.10. The van der Waals surface area contributed by atoms with Crippen molar-refractivity contribution in [3.63, 3.8) is 0 Å². The molecule has 2 N–H and O–H groups in total. The van der Waals surface area contributed by atoms with E-state index >= 15 is 0 Å². The number of carboxylic acids is 1. The third-order valence-electron chi connectivity index (χ3n) is 2.93. The number of ether oxygens (including phenoxy) is 1. The molecule has 1 rings (SSSR count). The van der Waals surface area contributed by atoms with E-state index in [0.717, 1.165) is 0 Å². The molecule has 0 heterocycles. The lowest BCUT2D eigenvalue weighted by molar-refractivity contribution is 0.0696. The third kappa shape index (κ3) is 4.77.